The molecule has 1 unspecified atom stereocenters. The number of nitrogens with zero attached hydrogens (tertiary/aromatic N) is 1. The molecule has 1 aliphatic heterocycles. The lowest BCUT2D eigenvalue weighted by Crippen LogP contribution is -2.29. The van der Waals surface area contributed by atoms with Crippen LogP contribution in [-0.2, 0) is 4.79 Å². The zero-order chi connectivity index (χ0) is 9.35. The van der Waals surface area contributed by atoms with Gasteiger partial charge in [-0.25, -0.2) is 5.01 Å². The summed E-state index contributed by atoms with van der Waals surface area (Å²) in [7, 11) is 1.90. The van der Waals surface area contributed by atoms with E-state index in [0.717, 1.165) is 13.0 Å². The normalized spacial score (nSPS) is 26.0. The van der Waals surface area contributed by atoms with Gasteiger partial charge in [-0.15, -0.1) is 0 Å². The maximum absolute atomic E-state index is 11.3. The standard InChI is InChI=1S/C9H18N2O/c1-9(2,3)5-7-6-11(4)10-8(7)12/h7H,5-6H2,1-4H3,(H,10,12). The topological polar surface area (TPSA) is 32.3 Å². The number of rotatable bonds is 1. The summed E-state index contributed by atoms with van der Waals surface area (Å²) in [5, 5.41) is 1.86. The van der Waals surface area contributed by atoms with E-state index in [0.29, 0.717) is 0 Å². The van der Waals surface area contributed by atoms with Crippen LogP contribution >= 0.6 is 0 Å². The summed E-state index contributed by atoms with van der Waals surface area (Å²) in [6, 6.07) is 0. The van der Waals surface area contributed by atoms with Gasteiger partial charge in [0.25, 0.3) is 0 Å². The number of hydrogen-bond donors (Lipinski definition) is 1. The highest BCUT2D eigenvalue weighted by molar-refractivity contribution is 5.80. The van der Waals surface area contributed by atoms with Crippen molar-refractivity contribution in [3.8, 4) is 0 Å². The summed E-state index contributed by atoms with van der Waals surface area (Å²) in [5.41, 5.74) is 3.03. The number of hydrogen-bond acceptors (Lipinski definition) is 2. The minimum atomic E-state index is 0.174. The molecule has 0 bridgehead atoms. The van der Waals surface area contributed by atoms with Gasteiger partial charge in [-0.1, -0.05) is 20.8 Å². The quantitative estimate of drug-likeness (QED) is 0.637. The first-order valence-electron chi connectivity index (χ1n) is 4.40. The molecule has 1 fully saturated rings. The van der Waals surface area contributed by atoms with Gasteiger partial charge < -0.3 is 0 Å². The van der Waals surface area contributed by atoms with Crippen molar-refractivity contribution < 1.29 is 4.79 Å². The summed E-state index contributed by atoms with van der Waals surface area (Å²) in [4.78, 5) is 11.3. The van der Waals surface area contributed by atoms with Gasteiger partial charge in [0.05, 0.1) is 5.92 Å². The van der Waals surface area contributed by atoms with Crippen molar-refractivity contribution in [1.82, 2.24) is 10.4 Å². The number of nitrogens with one attached hydrogen (secondary N) is 1. The van der Waals surface area contributed by atoms with Crippen molar-refractivity contribution in [2.24, 2.45) is 11.3 Å². The van der Waals surface area contributed by atoms with Gasteiger partial charge in [0, 0.05) is 13.6 Å². The molecule has 1 N–H and O–H groups in total. The Hall–Kier alpha value is -0.570. The zero-order valence-corrected chi connectivity index (χ0v) is 8.35. The summed E-state index contributed by atoms with van der Waals surface area (Å²) in [6.45, 7) is 7.34. The fourth-order valence-electron chi connectivity index (χ4n) is 1.63. The van der Waals surface area contributed by atoms with Crippen LogP contribution in [0.4, 0.5) is 0 Å². The van der Waals surface area contributed by atoms with Gasteiger partial charge in [-0.05, 0) is 11.8 Å². The fraction of sp³-hybridized carbons (Fsp3) is 0.889. The van der Waals surface area contributed by atoms with Gasteiger partial charge in [0.1, 0.15) is 0 Å². The highest BCUT2D eigenvalue weighted by Crippen LogP contribution is 2.26. The number of carbonyl (C=O) groups is 1. The Balaban J connectivity index is 2.49. The zero-order valence-electron chi connectivity index (χ0n) is 8.35. The third kappa shape index (κ3) is 2.48. The Bertz CT molecular complexity index is 183. The molecular formula is C9H18N2O. The summed E-state index contributed by atoms with van der Waals surface area (Å²) in [6.07, 6.45) is 0.961. The van der Waals surface area contributed by atoms with Crippen LogP contribution in [0.25, 0.3) is 0 Å². The number of amides is 1. The lowest BCUT2D eigenvalue weighted by atomic mass is 9.85. The van der Waals surface area contributed by atoms with Crippen LogP contribution in [0.3, 0.4) is 0 Å². The van der Waals surface area contributed by atoms with E-state index >= 15 is 0 Å². The molecule has 0 aliphatic carbocycles. The highest BCUT2D eigenvalue weighted by atomic mass is 16.2. The molecule has 1 heterocycles. The van der Waals surface area contributed by atoms with Crippen LogP contribution < -0.4 is 5.43 Å². The fourth-order valence-corrected chi connectivity index (χ4v) is 1.63. The Morgan fingerprint density at radius 1 is 1.58 bits per heavy atom. The highest BCUT2D eigenvalue weighted by Gasteiger charge is 2.31. The molecule has 0 aromatic rings. The smallest absolute Gasteiger partial charge is 0.238 e. The SMILES string of the molecule is CN1CC(CC(C)(C)C)C(=O)N1. The first kappa shape index (κ1) is 9.52. The van der Waals surface area contributed by atoms with Crippen LogP contribution in [0.1, 0.15) is 27.2 Å². The molecule has 1 aliphatic rings. The maximum atomic E-state index is 11.3. The van der Waals surface area contributed by atoms with Gasteiger partial charge >= 0.3 is 0 Å². The Kier molecular flexibility index (Phi) is 2.42. The van der Waals surface area contributed by atoms with Crippen LogP contribution in [0, 0.1) is 11.3 Å². The molecule has 0 saturated carbocycles. The van der Waals surface area contributed by atoms with Crippen LogP contribution in [0.5, 0.6) is 0 Å². The van der Waals surface area contributed by atoms with Crippen molar-refractivity contribution in [3.63, 3.8) is 0 Å². The molecule has 1 amide bonds. The lowest BCUT2D eigenvalue weighted by molar-refractivity contribution is -0.124. The van der Waals surface area contributed by atoms with Crippen LogP contribution in [0.15, 0.2) is 0 Å². The predicted molar refractivity (Wildman–Crippen MR) is 48.3 cm³/mol. The van der Waals surface area contributed by atoms with E-state index in [9.17, 15) is 4.79 Å². The number of carbonyl (C=O) groups excluding carboxylic acids is 1. The van der Waals surface area contributed by atoms with Gasteiger partial charge in [0.2, 0.25) is 5.91 Å². The van der Waals surface area contributed by atoms with Crippen molar-refractivity contribution in [3.05, 3.63) is 0 Å². The van der Waals surface area contributed by atoms with E-state index in [-0.39, 0.29) is 17.2 Å². The molecule has 3 heteroatoms. The second-order valence-electron chi connectivity index (χ2n) is 4.82. The first-order chi connectivity index (χ1) is 5.38. The molecule has 1 rings (SSSR count). The summed E-state index contributed by atoms with van der Waals surface area (Å²) in [5.74, 6) is 0.349. The third-order valence-corrected chi connectivity index (χ3v) is 2.02. The van der Waals surface area contributed by atoms with E-state index < -0.39 is 0 Å². The molecule has 0 radical (unpaired) electrons. The van der Waals surface area contributed by atoms with Gasteiger partial charge in [-0.2, -0.15) is 0 Å². The van der Waals surface area contributed by atoms with Crippen LogP contribution in [0.2, 0.25) is 0 Å². The van der Waals surface area contributed by atoms with Crippen molar-refractivity contribution >= 4 is 5.91 Å². The van der Waals surface area contributed by atoms with Gasteiger partial charge in [-0.3, -0.25) is 10.2 Å². The molecule has 1 atom stereocenters. The maximum Gasteiger partial charge on any atom is 0.238 e. The molecular weight excluding hydrogens is 152 g/mol. The summed E-state index contributed by atoms with van der Waals surface area (Å²) >= 11 is 0. The minimum absolute atomic E-state index is 0.174. The Morgan fingerprint density at radius 2 is 2.17 bits per heavy atom. The molecule has 0 aromatic heterocycles. The van der Waals surface area contributed by atoms with Crippen molar-refractivity contribution in [1.29, 1.82) is 0 Å². The van der Waals surface area contributed by atoms with Gasteiger partial charge in [0.15, 0.2) is 0 Å². The van der Waals surface area contributed by atoms with Crippen molar-refractivity contribution in [2.45, 2.75) is 27.2 Å². The average molecular weight is 170 g/mol. The first-order valence-corrected chi connectivity index (χ1v) is 4.40. The minimum Gasteiger partial charge on any atom is -0.289 e. The van der Waals surface area contributed by atoms with Crippen LogP contribution in [-0.4, -0.2) is 24.5 Å². The Labute approximate surface area is 74.1 Å². The van der Waals surface area contributed by atoms with E-state index in [1.165, 1.54) is 0 Å². The van der Waals surface area contributed by atoms with E-state index in [1.807, 2.05) is 12.1 Å². The molecule has 3 nitrogen and oxygen atoms in total. The second-order valence-corrected chi connectivity index (χ2v) is 4.82. The molecule has 1 saturated heterocycles. The number of hydrazine groups is 1. The Morgan fingerprint density at radius 3 is 2.50 bits per heavy atom. The molecule has 12 heavy (non-hydrogen) atoms. The molecule has 0 spiro atoms. The lowest BCUT2D eigenvalue weighted by Gasteiger charge is -2.20. The molecule has 0 aromatic carbocycles. The molecule has 70 valence electrons. The summed E-state index contributed by atoms with van der Waals surface area (Å²) < 4.78 is 0. The van der Waals surface area contributed by atoms with E-state index in [1.54, 1.807) is 0 Å². The predicted octanol–water partition coefficient (Wildman–Crippen LogP) is 1.02. The van der Waals surface area contributed by atoms with Crippen molar-refractivity contribution in [2.75, 3.05) is 13.6 Å². The third-order valence-electron chi connectivity index (χ3n) is 2.02. The monoisotopic (exact) mass is 170 g/mol. The largest absolute Gasteiger partial charge is 0.289 e. The second kappa shape index (κ2) is 3.05. The van der Waals surface area contributed by atoms with E-state index in [2.05, 4.69) is 26.2 Å². The van der Waals surface area contributed by atoms with E-state index in [4.69, 9.17) is 0 Å². The average Bonchev–Trinajstić information content (AvgIpc) is 2.06.